The zero-order valence-electron chi connectivity index (χ0n) is 16.0. The van der Waals surface area contributed by atoms with Gasteiger partial charge in [0.05, 0.1) is 12.8 Å². The molecule has 1 atom stereocenters. The number of nitrogens with one attached hydrogen (secondary N) is 1. The summed E-state index contributed by atoms with van der Waals surface area (Å²) < 4.78 is 4.78. The van der Waals surface area contributed by atoms with E-state index in [4.69, 9.17) is 16.3 Å². The van der Waals surface area contributed by atoms with Crippen molar-refractivity contribution in [1.29, 1.82) is 0 Å². The van der Waals surface area contributed by atoms with Crippen LogP contribution in [0.4, 0.5) is 5.69 Å². The fourth-order valence-electron chi connectivity index (χ4n) is 3.09. The van der Waals surface area contributed by atoms with Crippen LogP contribution in [0.1, 0.15) is 27.5 Å². The van der Waals surface area contributed by atoms with Crippen molar-refractivity contribution in [3.8, 4) is 0 Å². The molecule has 0 aromatic heterocycles. The quantitative estimate of drug-likeness (QED) is 0.587. The number of hydrogen-bond acceptors (Lipinski definition) is 3. The molecule has 0 aliphatic carbocycles. The van der Waals surface area contributed by atoms with Gasteiger partial charge >= 0.3 is 5.97 Å². The van der Waals surface area contributed by atoms with E-state index in [1.54, 1.807) is 24.3 Å². The number of carbonyl (C=O) groups excluding carboxylic acids is 2. The highest BCUT2D eigenvalue weighted by Gasteiger charge is 2.23. The Kier molecular flexibility index (Phi) is 7.00. The summed E-state index contributed by atoms with van der Waals surface area (Å²) >= 11 is 6.27. The number of carbonyl (C=O) groups is 2. The number of nitrogens with two attached hydrogens (primary N) is 1. The van der Waals surface area contributed by atoms with Gasteiger partial charge in [0.1, 0.15) is 6.04 Å². The zero-order valence-corrected chi connectivity index (χ0v) is 16.7. The number of quaternary nitrogens is 1. The van der Waals surface area contributed by atoms with Gasteiger partial charge in [-0.2, -0.15) is 0 Å². The first-order valence-electron chi connectivity index (χ1n) is 9.19. The van der Waals surface area contributed by atoms with Crippen LogP contribution in [0.3, 0.4) is 0 Å². The first-order valence-corrected chi connectivity index (χ1v) is 9.57. The van der Waals surface area contributed by atoms with Crippen LogP contribution in [0.5, 0.6) is 0 Å². The first kappa shape index (κ1) is 20.6. The fourth-order valence-corrected chi connectivity index (χ4v) is 3.27. The molecule has 6 heteroatoms. The molecule has 0 saturated carbocycles. The predicted octanol–water partition coefficient (Wildman–Crippen LogP) is 3.42. The lowest BCUT2D eigenvalue weighted by atomic mass is 9.96. The SMILES string of the molecule is COC(=O)C[NH2+][C@@H](c1ccccc1)c1cc(Cl)ccc1NC(=O)c1ccccc1. The number of anilines is 1. The second kappa shape index (κ2) is 9.87. The number of halogens is 1. The minimum atomic E-state index is -0.331. The second-order valence-electron chi connectivity index (χ2n) is 6.46. The third kappa shape index (κ3) is 5.44. The molecule has 3 rings (SSSR count). The highest BCUT2D eigenvalue weighted by molar-refractivity contribution is 6.30. The highest BCUT2D eigenvalue weighted by atomic mass is 35.5. The standard InChI is InChI=1S/C23H21ClN2O3/c1-29-21(27)15-25-22(16-8-4-2-5-9-16)19-14-18(24)12-13-20(19)26-23(28)17-10-6-3-7-11-17/h2-14,22,25H,15H2,1H3,(H,26,28)/p+1/t22-/m0/s1. The Morgan fingerprint density at radius 2 is 1.66 bits per heavy atom. The number of esters is 1. The lowest BCUT2D eigenvalue weighted by Gasteiger charge is -2.20. The van der Waals surface area contributed by atoms with Crippen molar-refractivity contribution in [2.75, 3.05) is 19.0 Å². The molecule has 0 bridgehead atoms. The number of amides is 1. The Morgan fingerprint density at radius 3 is 2.31 bits per heavy atom. The van der Waals surface area contributed by atoms with Gasteiger partial charge in [-0.05, 0) is 30.3 Å². The average molecular weight is 410 g/mol. The van der Waals surface area contributed by atoms with Crippen molar-refractivity contribution >= 4 is 29.2 Å². The maximum Gasteiger partial charge on any atom is 0.361 e. The summed E-state index contributed by atoms with van der Waals surface area (Å²) in [5.41, 5.74) is 2.98. The molecule has 3 N–H and O–H groups in total. The third-order valence-electron chi connectivity index (χ3n) is 4.54. The van der Waals surface area contributed by atoms with Crippen LogP contribution in [-0.2, 0) is 9.53 Å². The summed E-state index contributed by atoms with van der Waals surface area (Å²) in [7, 11) is 1.36. The average Bonchev–Trinajstić information content (AvgIpc) is 2.76. The molecular formula is C23H22ClN2O3+. The molecule has 1 amide bonds. The number of ether oxygens (including phenoxy) is 1. The molecular weight excluding hydrogens is 388 g/mol. The monoisotopic (exact) mass is 409 g/mol. The van der Waals surface area contributed by atoms with Crippen LogP contribution in [0, 0.1) is 0 Å². The van der Waals surface area contributed by atoms with Gasteiger partial charge in [-0.15, -0.1) is 0 Å². The van der Waals surface area contributed by atoms with E-state index in [9.17, 15) is 9.59 Å². The van der Waals surface area contributed by atoms with Gasteiger partial charge in [-0.25, -0.2) is 4.79 Å². The Hall–Kier alpha value is -3.15. The zero-order chi connectivity index (χ0) is 20.6. The van der Waals surface area contributed by atoms with Gasteiger partial charge in [0.2, 0.25) is 0 Å². The highest BCUT2D eigenvalue weighted by Crippen LogP contribution is 2.29. The molecule has 0 heterocycles. The molecule has 0 spiro atoms. The summed E-state index contributed by atoms with van der Waals surface area (Å²) in [4.78, 5) is 24.4. The van der Waals surface area contributed by atoms with Gasteiger partial charge in [-0.3, -0.25) is 4.79 Å². The van der Waals surface area contributed by atoms with Crippen molar-refractivity contribution < 1.29 is 19.6 Å². The van der Waals surface area contributed by atoms with E-state index < -0.39 is 0 Å². The van der Waals surface area contributed by atoms with Crippen molar-refractivity contribution in [2.45, 2.75) is 6.04 Å². The van der Waals surface area contributed by atoms with E-state index in [0.717, 1.165) is 11.1 Å². The van der Waals surface area contributed by atoms with Gasteiger partial charge < -0.3 is 15.4 Å². The Labute approximate surface area is 174 Å². The Bertz CT molecular complexity index is 978. The van der Waals surface area contributed by atoms with Gasteiger partial charge in [0.15, 0.2) is 6.54 Å². The lowest BCUT2D eigenvalue weighted by molar-refractivity contribution is -0.677. The van der Waals surface area contributed by atoms with Crippen molar-refractivity contribution in [2.24, 2.45) is 0 Å². The van der Waals surface area contributed by atoms with Crippen LogP contribution >= 0.6 is 11.6 Å². The molecule has 0 radical (unpaired) electrons. The summed E-state index contributed by atoms with van der Waals surface area (Å²) in [6, 6.07) is 23.8. The molecule has 3 aromatic rings. The number of rotatable bonds is 7. The molecule has 0 saturated heterocycles. The van der Waals surface area contributed by atoms with E-state index in [1.807, 2.05) is 59.9 Å². The fraction of sp³-hybridized carbons (Fsp3) is 0.130. The summed E-state index contributed by atoms with van der Waals surface area (Å²) in [6.07, 6.45) is 0. The Morgan fingerprint density at radius 1 is 1.00 bits per heavy atom. The van der Waals surface area contributed by atoms with E-state index in [1.165, 1.54) is 7.11 Å². The first-order chi connectivity index (χ1) is 14.1. The minimum absolute atomic E-state index is 0.134. The van der Waals surface area contributed by atoms with E-state index in [2.05, 4.69) is 5.32 Å². The smallest absolute Gasteiger partial charge is 0.361 e. The molecule has 5 nitrogen and oxygen atoms in total. The summed E-state index contributed by atoms with van der Waals surface area (Å²) in [6.45, 7) is 0.134. The normalized spacial score (nSPS) is 11.5. The van der Waals surface area contributed by atoms with Crippen LogP contribution in [0.15, 0.2) is 78.9 Å². The minimum Gasteiger partial charge on any atom is -0.465 e. The summed E-state index contributed by atoms with van der Waals surface area (Å²) in [5, 5.41) is 5.38. The molecule has 0 unspecified atom stereocenters. The van der Waals surface area contributed by atoms with Crippen molar-refractivity contribution in [3.05, 3.63) is 101 Å². The molecule has 148 valence electrons. The molecule has 0 aliphatic rings. The largest absolute Gasteiger partial charge is 0.465 e. The second-order valence-corrected chi connectivity index (χ2v) is 6.89. The van der Waals surface area contributed by atoms with Crippen molar-refractivity contribution in [1.82, 2.24) is 0 Å². The van der Waals surface area contributed by atoms with E-state index >= 15 is 0 Å². The van der Waals surface area contributed by atoms with Crippen LogP contribution in [0.2, 0.25) is 5.02 Å². The van der Waals surface area contributed by atoms with Crippen molar-refractivity contribution in [3.63, 3.8) is 0 Å². The van der Waals surface area contributed by atoms with Gasteiger partial charge in [-0.1, -0.05) is 60.1 Å². The molecule has 3 aromatic carbocycles. The number of benzene rings is 3. The van der Waals surface area contributed by atoms with E-state index in [0.29, 0.717) is 16.3 Å². The maximum absolute atomic E-state index is 12.7. The van der Waals surface area contributed by atoms with Crippen LogP contribution in [0.25, 0.3) is 0 Å². The summed E-state index contributed by atoms with van der Waals surface area (Å²) in [5.74, 6) is -0.545. The molecule has 0 fully saturated rings. The van der Waals surface area contributed by atoms with Gasteiger partial charge in [0, 0.05) is 21.7 Å². The van der Waals surface area contributed by atoms with Crippen LogP contribution in [-0.4, -0.2) is 25.5 Å². The predicted molar refractivity (Wildman–Crippen MR) is 113 cm³/mol. The maximum atomic E-state index is 12.7. The van der Waals surface area contributed by atoms with E-state index in [-0.39, 0.29) is 24.5 Å². The third-order valence-corrected chi connectivity index (χ3v) is 4.77. The van der Waals surface area contributed by atoms with Gasteiger partial charge in [0.25, 0.3) is 5.91 Å². The topological polar surface area (TPSA) is 72.0 Å². The molecule has 29 heavy (non-hydrogen) atoms. The van der Waals surface area contributed by atoms with Crippen LogP contribution < -0.4 is 10.6 Å². The number of hydrogen-bond donors (Lipinski definition) is 2. The Balaban J connectivity index is 1.97. The molecule has 0 aliphatic heterocycles. The lowest BCUT2D eigenvalue weighted by Crippen LogP contribution is -2.87. The number of methoxy groups -OCH3 is 1.